The van der Waals surface area contributed by atoms with E-state index in [2.05, 4.69) is 0 Å². The topological polar surface area (TPSA) is 47.7 Å². The summed E-state index contributed by atoms with van der Waals surface area (Å²) in [7, 11) is 0. The van der Waals surface area contributed by atoms with Crippen molar-refractivity contribution in [3.63, 3.8) is 0 Å². The first-order chi connectivity index (χ1) is 2.79. The fourth-order valence-electron chi connectivity index (χ4n) is 0.286. The molecule has 1 fully saturated rings. The van der Waals surface area contributed by atoms with Crippen molar-refractivity contribution in [2.45, 2.75) is 6.42 Å². The minimum absolute atomic E-state index is 0.602. The molecule has 0 aromatic carbocycles. The van der Waals surface area contributed by atoms with Crippen LogP contribution in [0, 0.1) is 10.8 Å². The van der Waals surface area contributed by atoms with E-state index in [1.54, 1.807) is 0 Å². The molecule has 0 saturated carbocycles. The molecule has 0 bridgehead atoms. The van der Waals surface area contributed by atoms with Gasteiger partial charge in [-0.2, -0.15) is 0 Å². The molecule has 0 atom stereocenters. The van der Waals surface area contributed by atoms with Crippen molar-refractivity contribution >= 4 is 21.8 Å². The molecule has 6 heavy (non-hydrogen) atoms. The molecule has 0 unspecified atom stereocenters. The van der Waals surface area contributed by atoms with Crippen LogP contribution in [0.15, 0.2) is 0 Å². The highest BCUT2D eigenvalue weighted by Gasteiger charge is 2.14. The summed E-state index contributed by atoms with van der Waals surface area (Å²) in [5.74, 6) is 0. The Balaban J connectivity index is 2.47. The van der Waals surface area contributed by atoms with E-state index in [1.165, 1.54) is 11.8 Å². The summed E-state index contributed by atoms with van der Waals surface area (Å²) < 4.78 is 0. The molecule has 0 amide bonds. The predicted molar refractivity (Wildman–Crippen MR) is 27.7 cm³/mol. The molecule has 3 heteroatoms. The van der Waals surface area contributed by atoms with Crippen LogP contribution in [0.3, 0.4) is 0 Å². The average Bonchev–Trinajstić information content (AvgIpc) is 1.33. The Kier molecular flexibility index (Phi) is 0.696. The molecule has 0 aromatic heterocycles. The molecular weight excluding hydrogens is 96.1 g/mol. The molecule has 2 N–H and O–H groups in total. The molecule has 1 rings (SSSR count). The van der Waals surface area contributed by atoms with Crippen LogP contribution in [0.2, 0.25) is 0 Å². The predicted octanol–water partition coefficient (Wildman–Crippen LogP) is 1.08. The van der Waals surface area contributed by atoms with E-state index in [0.29, 0.717) is 16.5 Å². The molecule has 1 saturated heterocycles. The highest BCUT2D eigenvalue weighted by Crippen LogP contribution is 2.21. The first kappa shape index (κ1) is 3.87. The Morgan fingerprint density at radius 1 is 1.33 bits per heavy atom. The van der Waals surface area contributed by atoms with Crippen molar-refractivity contribution < 1.29 is 0 Å². The monoisotopic (exact) mass is 100 g/mol. The molecule has 0 spiro atoms. The van der Waals surface area contributed by atoms with E-state index in [9.17, 15) is 0 Å². The van der Waals surface area contributed by atoms with E-state index in [-0.39, 0.29) is 0 Å². The van der Waals surface area contributed by atoms with Crippen LogP contribution < -0.4 is 0 Å². The molecule has 32 valence electrons. The molecule has 0 aliphatic carbocycles. The Labute approximate surface area is 40.0 Å². The third-order valence-electron chi connectivity index (χ3n) is 0.568. The maximum Gasteiger partial charge on any atom is 0.0765 e. The summed E-state index contributed by atoms with van der Waals surface area (Å²) in [6.07, 6.45) is 0.602. The Morgan fingerprint density at radius 3 is 1.67 bits per heavy atom. The van der Waals surface area contributed by atoms with Gasteiger partial charge in [0.1, 0.15) is 0 Å². The Hall–Kier alpha value is -0.310. The van der Waals surface area contributed by atoms with Gasteiger partial charge >= 0.3 is 0 Å². The average molecular weight is 100 g/mol. The number of rotatable bonds is 0. The van der Waals surface area contributed by atoms with Gasteiger partial charge in [-0.25, -0.2) is 0 Å². The summed E-state index contributed by atoms with van der Waals surface area (Å²) in [6.45, 7) is 0. The van der Waals surface area contributed by atoms with Crippen LogP contribution in [0.5, 0.6) is 0 Å². The fourth-order valence-corrected chi connectivity index (χ4v) is 0.770. The van der Waals surface area contributed by atoms with Crippen LogP contribution in [0.1, 0.15) is 6.42 Å². The normalized spacial score (nSPS) is 20.7. The second-order valence-electron chi connectivity index (χ2n) is 1.13. The van der Waals surface area contributed by atoms with Gasteiger partial charge in [-0.15, -0.1) is 0 Å². The lowest BCUT2D eigenvalue weighted by molar-refractivity contribution is 1.41. The molecule has 0 radical (unpaired) electrons. The van der Waals surface area contributed by atoms with Gasteiger partial charge in [0.25, 0.3) is 0 Å². The maximum atomic E-state index is 6.78. The molecule has 0 aromatic rings. The second kappa shape index (κ2) is 1.08. The van der Waals surface area contributed by atoms with Crippen molar-refractivity contribution in [2.24, 2.45) is 0 Å². The number of hydrogen-bond donors (Lipinski definition) is 2. The lowest BCUT2D eigenvalue weighted by atomic mass is 10.5. The third-order valence-corrected chi connectivity index (χ3v) is 1.35. The van der Waals surface area contributed by atoms with Crippen LogP contribution in [0.4, 0.5) is 0 Å². The highest BCUT2D eigenvalue weighted by atomic mass is 32.2. The summed E-state index contributed by atoms with van der Waals surface area (Å²) in [5, 5.41) is 14.8. The molecule has 2 nitrogen and oxygen atoms in total. The summed E-state index contributed by atoms with van der Waals surface area (Å²) in [4.78, 5) is 0. The van der Waals surface area contributed by atoms with Gasteiger partial charge in [0, 0.05) is 6.42 Å². The second-order valence-corrected chi connectivity index (χ2v) is 2.31. The van der Waals surface area contributed by atoms with E-state index in [4.69, 9.17) is 10.8 Å². The first-order valence-corrected chi connectivity index (χ1v) is 2.43. The number of nitrogens with one attached hydrogen (secondary N) is 2. The zero-order valence-corrected chi connectivity index (χ0v) is 3.93. The van der Waals surface area contributed by atoms with Gasteiger partial charge in [0.2, 0.25) is 0 Å². The van der Waals surface area contributed by atoms with Gasteiger partial charge in [-0.05, 0) is 0 Å². The van der Waals surface area contributed by atoms with Gasteiger partial charge in [-0.3, -0.25) is 10.8 Å². The molecule has 1 aliphatic heterocycles. The lowest BCUT2D eigenvalue weighted by Crippen LogP contribution is -2.11. The van der Waals surface area contributed by atoms with Crippen LogP contribution >= 0.6 is 11.8 Å². The van der Waals surface area contributed by atoms with E-state index >= 15 is 0 Å². The standard InChI is InChI=1S/C3H4N2S/c4-2-1-3(5)6-2/h4-5H,1H2. The lowest BCUT2D eigenvalue weighted by Gasteiger charge is -2.11. The molecule has 1 heterocycles. The number of hydrogen-bond acceptors (Lipinski definition) is 3. The van der Waals surface area contributed by atoms with Crippen LogP contribution in [0.25, 0.3) is 0 Å². The van der Waals surface area contributed by atoms with Gasteiger partial charge in [-0.1, -0.05) is 11.8 Å². The minimum Gasteiger partial charge on any atom is -0.298 e. The zero-order chi connectivity index (χ0) is 4.57. The summed E-state index contributed by atoms with van der Waals surface area (Å²) in [5.41, 5.74) is 0. The van der Waals surface area contributed by atoms with Crippen molar-refractivity contribution in [2.75, 3.05) is 0 Å². The van der Waals surface area contributed by atoms with Gasteiger partial charge in [0.15, 0.2) is 0 Å². The van der Waals surface area contributed by atoms with Crippen molar-refractivity contribution in [3.05, 3.63) is 0 Å². The van der Waals surface area contributed by atoms with Gasteiger partial charge < -0.3 is 0 Å². The SMILES string of the molecule is N=C1CC(=N)S1. The fraction of sp³-hybridized carbons (Fsp3) is 0.333. The molecule has 1 aliphatic rings. The highest BCUT2D eigenvalue weighted by molar-refractivity contribution is 8.29. The van der Waals surface area contributed by atoms with Crippen molar-refractivity contribution in [1.29, 1.82) is 10.8 Å². The molecular formula is C3H4N2S. The van der Waals surface area contributed by atoms with E-state index < -0.39 is 0 Å². The maximum absolute atomic E-state index is 6.78. The largest absolute Gasteiger partial charge is 0.298 e. The van der Waals surface area contributed by atoms with Gasteiger partial charge in [0.05, 0.1) is 10.1 Å². The van der Waals surface area contributed by atoms with E-state index in [1.807, 2.05) is 0 Å². The smallest absolute Gasteiger partial charge is 0.0765 e. The van der Waals surface area contributed by atoms with E-state index in [0.717, 1.165) is 0 Å². The zero-order valence-electron chi connectivity index (χ0n) is 3.12. The number of thioether (sulfide) groups is 1. The first-order valence-electron chi connectivity index (χ1n) is 1.62. The van der Waals surface area contributed by atoms with Crippen LogP contribution in [-0.2, 0) is 0 Å². The summed E-state index contributed by atoms with van der Waals surface area (Å²) in [6, 6.07) is 0. The van der Waals surface area contributed by atoms with Crippen molar-refractivity contribution in [3.8, 4) is 0 Å². The Bertz CT molecular complexity index is 85.4. The van der Waals surface area contributed by atoms with Crippen molar-refractivity contribution in [1.82, 2.24) is 0 Å². The minimum atomic E-state index is 0.602. The quantitative estimate of drug-likeness (QED) is 0.470. The third kappa shape index (κ3) is 0.452. The summed E-state index contributed by atoms with van der Waals surface area (Å²) >= 11 is 1.25. The Morgan fingerprint density at radius 2 is 1.67 bits per heavy atom. The van der Waals surface area contributed by atoms with Crippen LogP contribution in [-0.4, -0.2) is 10.1 Å².